The van der Waals surface area contributed by atoms with Gasteiger partial charge < -0.3 is 4.90 Å². The van der Waals surface area contributed by atoms with Gasteiger partial charge in [-0.2, -0.15) is 5.10 Å². The maximum Gasteiger partial charge on any atom is 0.224 e. The summed E-state index contributed by atoms with van der Waals surface area (Å²) in [6, 6.07) is 7.66. The Morgan fingerprint density at radius 2 is 1.94 bits per heavy atom. The highest BCUT2D eigenvalue weighted by Gasteiger charge is 2.25. The first-order valence-corrected chi connectivity index (χ1v) is 10.9. The molecule has 1 aliphatic rings. The number of aromatic nitrogens is 4. The number of likely N-dealkylation sites (tertiary alicyclic amines) is 1. The normalized spacial score (nSPS) is 16.4. The van der Waals surface area contributed by atoms with Gasteiger partial charge in [0.2, 0.25) is 5.91 Å². The second-order valence-electron chi connectivity index (χ2n) is 8.33. The first kappa shape index (κ1) is 22.0. The van der Waals surface area contributed by atoms with E-state index in [0.29, 0.717) is 25.3 Å². The number of halogens is 2. The highest BCUT2D eigenvalue weighted by Crippen LogP contribution is 2.26. The smallest absolute Gasteiger partial charge is 0.224 e. The Hall–Kier alpha value is -3.16. The summed E-state index contributed by atoms with van der Waals surface area (Å²) in [6.45, 7) is 5.62. The first-order chi connectivity index (χ1) is 15.4. The van der Waals surface area contributed by atoms with Gasteiger partial charge in [0.1, 0.15) is 23.3 Å². The minimum absolute atomic E-state index is 0.0503. The van der Waals surface area contributed by atoms with Gasteiger partial charge in [0.15, 0.2) is 0 Å². The summed E-state index contributed by atoms with van der Waals surface area (Å²) in [6.07, 6.45) is 4.10. The number of rotatable bonds is 6. The highest BCUT2D eigenvalue weighted by atomic mass is 19.1. The molecule has 0 aliphatic carbocycles. The van der Waals surface area contributed by atoms with E-state index in [1.807, 2.05) is 30.9 Å². The average molecular weight is 440 g/mol. The molecule has 32 heavy (non-hydrogen) atoms. The minimum Gasteiger partial charge on any atom is -0.342 e. The van der Waals surface area contributed by atoms with E-state index in [2.05, 4.69) is 15.1 Å². The number of amides is 1. The van der Waals surface area contributed by atoms with Gasteiger partial charge >= 0.3 is 0 Å². The second-order valence-corrected chi connectivity index (χ2v) is 8.33. The summed E-state index contributed by atoms with van der Waals surface area (Å²) < 4.78 is 29.6. The van der Waals surface area contributed by atoms with Crippen molar-refractivity contribution in [1.82, 2.24) is 24.6 Å². The molecule has 0 spiro atoms. The Labute approximate surface area is 186 Å². The molecule has 1 atom stereocenters. The maximum absolute atomic E-state index is 13.9. The molecule has 1 aliphatic heterocycles. The topological polar surface area (TPSA) is 63.9 Å². The van der Waals surface area contributed by atoms with Crippen LogP contribution in [-0.4, -0.2) is 43.6 Å². The number of carbonyl (C=O) groups is 1. The van der Waals surface area contributed by atoms with Crippen LogP contribution in [0.5, 0.6) is 0 Å². The van der Waals surface area contributed by atoms with Crippen molar-refractivity contribution < 1.29 is 13.6 Å². The molecule has 0 radical (unpaired) electrons. The zero-order chi connectivity index (χ0) is 22.7. The van der Waals surface area contributed by atoms with E-state index in [1.165, 1.54) is 18.2 Å². The van der Waals surface area contributed by atoms with E-state index in [1.54, 1.807) is 10.9 Å². The molecule has 2 aromatic heterocycles. The molecule has 0 bridgehead atoms. The fraction of sp³-hybridized carbons (Fsp3) is 0.417. The fourth-order valence-corrected chi connectivity index (χ4v) is 4.27. The molecule has 1 saturated heterocycles. The summed E-state index contributed by atoms with van der Waals surface area (Å²) in [5, 5.41) is 4.32. The van der Waals surface area contributed by atoms with Crippen LogP contribution < -0.4 is 0 Å². The van der Waals surface area contributed by atoms with Gasteiger partial charge in [0.25, 0.3) is 0 Å². The largest absolute Gasteiger partial charge is 0.342 e. The molecule has 168 valence electrons. The average Bonchev–Trinajstić information content (AvgIpc) is 3.12. The monoisotopic (exact) mass is 439 g/mol. The van der Waals surface area contributed by atoms with Crippen molar-refractivity contribution >= 4 is 5.91 Å². The van der Waals surface area contributed by atoms with Gasteiger partial charge in [-0.25, -0.2) is 18.4 Å². The van der Waals surface area contributed by atoms with Crippen molar-refractivity contribution in [2.24, 2.45) is 0 Å². The number of aryl methyl sites for hydroxylation is 3. The fourth-order valence-electron chi connectivity index (χ4n) is 4.27. The Morgan fingerprint density at radius 3 is 2.59 bits per heavy atom. The van der Waals surface area contributed by atoms with E-state index in [0.717, 1.165) is 36.5 Å². The predicted molar refractivity (Wildman–Crippen MR) is 116 cm³/mol. The number of carbonyl (C=O) groups excluding carboxylic acids is 1. The molecular weight excluding hydrogens is 412 g/mol. The van der Waals surface area contributed by atoms with Gasteiger partial charge in [0, 0.05) is 49.3 Å². The van der Waals surface area contributed by atoms with Crippen LogP contribution in [0.3, 0.4) is 0 Å². The van der Waals surface area contributed by atoms with Crippen LogP contribution in [0, 0.1) is 25.5 Å². The lowest BCUT2D eigenvalue weighted by Crippen LogP contribution is -2.39. The summed E-state index contributed by atoms with van der Waals surface area (Å²) in [5.74, 6) is 0.682. The van der Waals surface area contributed by atoms with Crippen LogP contribution in [0.15, 0.2) is 36.5 Å². The van der Waals surface area contributed by atoms with Crippen LogP contribution >= 0.6 is 0 Å². The lowest BCUT2D eigenvalue weighted by atomic mass is 9.93. The molecule has 0 saturated carbocycles. The lowest BCUT2D eigenvalue weighted by Gasteiger charge is -2.32. The number of nitrogens with zero attached hydrogens (tertiary/aromatic N) is 5. The zero-order valence-corrected chi connectivity index (χ0v) is 18.4. The van der Waals surface area contributed by atoms with Crippen LogP contribution in [0.25, 0.3) is 0 Å². The Morgan fingerprint density at radius 1 is 1.16 bits per heavy atom. The molecule has 3 aromatic rings. The maximum atomic E-state index is 13.9. The zero-order valence-electron chi connectivity index (χ0n) is 18.4. The van der Waals surface area contributed by atoms with Crippen molar-refractivity contribution in [2.45, 2.75) is 52.0 Å². The van der Waals surface area contributed by atoms with Crippen LogP contribution in [-0.2, 0) is 17.8 Å². The number of piperidine rings is 1. The molecule has 0 unspecified atom stereocenters. The predicted octanol–water partition coefficient (Wildman–Crippen LogP) is 3.96. The summed E-state index contributed by atoms with van der Waals surface area (Å²) in [4.78, 5) is 23.5. The molecule has 1 aromatic carbocycles. The van der Waals surface area contributed by atoms with E-state index >= 15 is 0 Å². The highest BCUT2D eigenvalue weighted by molar-refractivity contribution is 5.76. The third kappa shape index (κ3) is 5.00. The Bertz CT molecular complexity index is 1080. The SMILES string of the molecule is Cc1nc(C)n(CCC(=O)N2CCC[C@@H](c3ccc(Cc4c(F)cccc4F)cn3)C2)n1. The molecule has 1 amide bonds. The molecule has 6 nitrogen and oxygen atoms in total. The Balaban J connectivity index is 1.36. The van der Waals surface area contributed by atoms with Gasteiger partial charge in [-0.1, -0.05) is 12.1 Å². The standard InChI is InChI=1S/C24H27F2N5O/c1-16-28-17(2)31(29-16)12-10-24(32)30-11-4-5-19(15-30)23-9-8-18(14-27-23)13-20-21(25)6-3-7-22(20)26/h3,6-9,14,19H,4-5,10-13,15H2,1-2H3/t19-/m1/s1. The van der Waals surface area contributed by atoms with Gasteiger partial charge in [-0.15, -0.1) is 0 Å². The third-order valence-electron chi connectivity index (χ3n) is 5.98. The van der Waals surface area contributed by atoms with E-state index in [-0.39, 0.29) is 23.8 Å². The minimum atomic E-state index is -0.549. The molecular formula is C24H27F2N5O. The number of hydrogen-bond acceptors (Lipinski definition) is 4. The number of pyridine rings is 1. The second kappa shape index (κ2) is 9.54. The van der Waals surface area contributed by atoms with E-state index < -0.39 is 11.6 Å². The molecule has 8 heteroatoms. The molecule has 1 fully saturated rings. The van der Waals surface area contributed by atoms with Crippen molar-refractivity contribution in [1.29, 1.82) is 0 Å². The van der Waals surface area contributed by atoms with Crippen LogP contribution in [0.4, 0.5) is 8.78 Å². The lowest BCUT2D eigenvalue weighted by molar-refractivity contribution is -0.132. The number of benzene rings is 1. The summed E-state index contributed by atoms with van der Waals surface area (Å²) >= 11 is 0. The van der Waals surface area contributed by atoms with Crippen molar-refractivity contribution in [2.75, 3.05) is 13.1 Å². The van der Waals surface area contributed by atoms with Gasteiger partial charge in [-0.3, -0.25) is 9.78 Å². The van der Waals surface area contributed by atoms with Crippen molar-refractivity contribution in [3.63, 3.8) is 0 Å². The molecule has 4 rings (SSSR count). The van der Waals surface area contributed by atoms with Gasteiger partial charge in [0.05, 0.1) is 6.54 Å². The van der Waals surface area contributed by atoms with E-state index in [9.17, 15) is 13.6 Å². The molecule has 0 N–H and O–H groups in total. The summed E-state index contributed by atoms with van der Waals surface area (Å²) in [5.41, 5.74) is 1.71. The third-order valence-corrected chi connectivity index (χ3v) is 5.98. The van der Waals surface area contributed by atoms with Crippen LogP contribution in [0.2, 0.25) is 0 Å². The van der Waals surface area contributed by atoms with Gasteiger partial charge in [-0.05, 0) is 50.5 Å². The quantitative estimate of drug-likeness (QED) is 0.583. The number of hydrogen-bond donors (Lipinski definition) is 0. The summed E-state index contributed by atoms with van der Waals surface area (Å²) in [7, 11) is 0. The first-order valence-electron chi connectivity index (χ1n) is 10.9. The van der Waals surface area contributed by atoms with E-state index in [4.69, 9.17) is 0 Å². The van der Waals surface area contributed by atoms with Crippen LogP contribution in [0.1, 0.15) is 53.7 Å². The Kier molecular flexibility index (Phi) is 6.58. The van der Waals surface area contributed by atoms with Crippen molar-refractivity contribution in [3.8, 4) is 0 Å². The van der Waals surface area contributed by atoms with Crippen molar-refractivity contribution in [3.05, 3.63) is 76.6 Å². The molecule has 3 heterocycles.